The Morgan fingerprint density at radius 1 is 0.500 bits per heavy atom. The van der Waals surface area contributed by atoms with Gasteiger partial charge < -0.3 is 14.6 Å². The SMILES string of the molecule is CCC=CCC=CCC=CCC=CCC=CCCCC(=O)OCC(CO)OC(=O)CCCCCCCCCC=CCCCCCCCC. The van der Waals surface area contributed by atoms with Gasteiger partial charge in [-0.3, -0.25) is 9.59 Å². The van der Waals surface area contributed by atoms with Crippen molar-refractivity contribution >= 4 is 11.9 Å². The molecule has 0 radical (unpaired) electrons. The molecule has 0 aliphatic heterocycles. The van der Waals surface area contributed by atoms with Crippen LogP contribution in [0.2, 0.25) is 0 Å². The van der Waals surface area contributed by atoms with Crippen molar-refractivity contribution < 1.29 is 24.2 Å². The molecule has 0 bridgehead atoms. The lowest BCUT2D eigenvalue weighted by Gasteiger charge is -2.15. The van der Waals surface area contributed by atoms with Crippen LogP contribution in [0.15, 0.2) is 72.9 Å². The standard InChI is InChI=1S/C43H72O5/c1-3-5-7-9-11-13-15-17-19-21-23-25-27-29-31-33-35-37-42(45)47-40-41(39-44)48-43(46)38-36-34-32-30-28-26-24-22-20-18-16-14-12-10-8-6-4-2/h5,7,11,13,17-20,23,25,29,31,41,44H,3-4,6,8-10,12,14-16,21-22,24,26-28,30,32-40H2,1-2H3. The van der Waals surface area contributed by atoms with Gasteiger partial charge in [-0.25, -0.2) is 0 Å². The molecule has 5 nitrogen and oxygen atoms in total. The molecule has 0 saturated carbocycles. The summed E-state index contributed by atoms with van der Waals surface area (Å²) < 4.78 is 10.6. The van der Waals surface area contributed by atoms with E-state index in [0.29, 0.717) is 19.3 Å². The number of aliphatic hydroxyl groups is 1. The number of carbonyl (C=O) groups excluding carboxylic acids is 2. The number of unbranched alkanes of at least 4 members (excludes halogenated alkanes) is 14. The van der Waals surface area contributed by atoms with E-state index in [1.165, 1.54) is 77.0 Å². The van der Waals surface area contributed by atoms with E-state index in [9.17, 15) is 14.7 Å². The van der Waals surface area contributed by atoms with Gasteiger partial charge in [0.25, 0.3) is 0 Å². The highest BCUT2D eigenvalue weighted by atomic mass is 16.6. The monoisotopic (exact) mass is 669 g/mol. The fraction of sp³-hybridized carbons (Fsp3) is 0.674. The van der Waals surface area contributed by atoms with Gasteiger partial charge in [-0.2, -0.15) is 0 Å². The van der Waals surface area contributed by atoms with Crippen LogP contribution in [0.5, 0.6) is 0 Å². The van der Waals surface area contributed by atoms with Crippen LogP contribution in [0.25, 0.3) is 0 Å². The summed E-state index contributed by atoms with van der Waals surface area (Å²) in [6.45, 7) is 3.95. The second-order valence-electron chi connectivity index (χ2n) is 12.6. The molecule has 0 aromatic rings. The van der Waals surface area contributed by atoms with E-state index in [1.54, 1.807) is 0 Å². The van der Waals surface area contributed by atoms with Crippen molar-refractivity contribution in [2.75, 3.05) is 13.2 Å². The summed E-state index contributed by atoms with van der Waals surface area (Å²) in [5.74, 6) is -0.669. The summed E-state index contributed by atoms with van der Waals surface area (Å²) in [6.07, 6.45) is 51.1. The second kappa shape index (κ2) is 38.8. The lowest BCUT2D eigenvalue weighted by Crippen LogP contribution is -2.28. The van der Waals surface area contributed by atoms with Crippen LogP contribution in [0.3, 0.4) is 0 Å². The molecule has 0 heterocycles. The van der Waals surface area contributed by atoms with Gasteiger partial charge in [0.15, 0.2) is 6.10 Å². The molecule has 0 aliphatic rings. The highest BCUT2D eigenvalue weighted by molar-refractivity contribution is 5.70. The van der Waals surface area contributed by atoms with Crippen molar-refractivity contribution in [1.82, 2.24) is 0 Å². The van der Waals surface area contributed by atoms with E-state index < -0.39 is 6.10 Å². The van der Waals surface area contributed by atoms with Gasteiger partial charge in [0.2, 0.25) is 0 Å². The van der Waals surface area contributed by atoms with Gasteiger partial charge >= 0.3 is 11.9 Å². The van der Waals surface area contributed by atoms with Crippen molar-refractivity contribution in [3.8, 4) is 0 Å². The number of hydrogen-bond donors (Lipinski definition) is 1. The van der Waals surface area contributed by atoms with Gasteiger partial charge in [-0.1, -0.05) is 151 Å². The van der Waals surface area contributed by atoms with Crippen LogP contribution in [0, 0.1) is 0 Å². The highest BCUT2D eigenvalue weighted by Crippen LogP contribution is 2.12. The first kappa shape index (κ1) is 45.3. The molecule has 0 aromatic heterocycles. The van der Waals surface area contributed by atoms with Crippen molar-refractivity contribution in [1.29, 1.82) is 0 Å². The molecule has 0 spiro atoms. The smallest absolute Gasteiger partial charge is 0.306 e. The van der Waals surface area contributed by atoms with Gasteiger partial charge in [0.1, 0.15) is 6.61 Å². The molecule has 1 atom stereocenters. The fourth-order valence-corrected chi connectivity index (χ4v) is 5.05. The predicted octanol–water partition coefficient (Wildman–Crippen LogP) is 12.2. The summed E-state index contributed by atoms with van der Waals surface area (Å²) in [6, 6.07) is 0. The molecule has 48 heavy (non-hydrogen) atoms. The number of allylic oxidation sites excluding steroid dienone is 12. The Morgan fingerprint density at radius 2 is 0.917 bits per heavy atom. The first-order valence-corrected chi connectivity index (χ1v) is 19.5. The van der Waals surface area contributed by atoms with Gasteiger partial charge in [0, 0.05) is 12.8 Å². The normalized spacial score (nSPS) is 13.0. The summed E-state index contributed by atoms with van der Waals surface area (Å²) in [4.78, 5) is 24.2. The molecule has 1 N–H and O–H groups in total. The first-order valence-electron chi connectivity index (χ1n) is 19.5. The quantitative estimate of drug-likeness (QED) is 0.0420. The van der Waals surface area contributed by atoms with Crippen molar-refractivity contribution in [3.05, 3.63) is 72.9 Å². The fourth-order valence-electron chi connectivity index (χ4n) is 5.05. The Labute approximate surface area is 295 Å². The molecule has 0 fully saturated rings. The Kier molecular flexibility index (Phi) is 36.6. The summed E-state index contributed by atoms with van der Waals surface area (Å²) >= 11 is 0. The third kappa shape index (κ3) is 36.2. The molecule has 274 valence electrons. The molecular formula is C43H72O5. The molecule has 0 rings (SSSR count). The largest absolute Gasteiger partial charge is 0.462 e. The van der Waals surface area contributed by atoms with Crippen molar-refractivity contribution in [3.63, 3.8) is 0 Å². The predicted molar refractivity (Wildman–Crippen MR) is 205 cm³/mol. The summed E-state index contributed by atoms with van der Waals surface area (Å²) in [5.41, 5.74) is 0. The highest BCUT2D eigenvalue weighted by Gasteiger charge is 2.16. The Balaban J connectivity index is 3.68. The Hall–Kier alpha value is -2.66. The third-order valence-corrected chi connectivity index (χ3v) is 7.98. The first-order chi connectivity index (χ1) is 23.6. The van der Waals surface area contributed by atoms with Crippen molar-refractivity contribution in [2.45, 2.75) is 174 Å². The van der Waals surface area contributed by atoms with E-state index in [0.717, 1.165) is 57.8 Å². The molecular weight excluding hydrogens is 596 g/mol. The topological polar surface area (TPSA) is 72.8 Å². The van der Waals surface area contributed by atoms with E-state index in [-0.39, 0.29) is 25.2 Å². The number of aliphatic hydroxyl groups excluding tert-OH is 1. The summed E-state index contributed by atoms with van der Waals surface area (Å²) in [5, 5.41) is 9.54. The minimum Gasteiger partial charge on any atom is -0.462 e. The van der Waals surface area contributed by atoms with Crippen LogP contribution in [0.1, 0.15) is 168 Å². The van der Waals surface area contributed by atoms with Crippen LogP contribution in [0.4, 0.5) is 0 Å². The van der Waals surface area contributed by atoms with E-state index >= 15 is 0 Å². The van der Waals surface area contributed by atoms with Gasteiger partial charge in [-0.15, -0.1) is 0 Å². The zero-order chi connectivity index (χ0) is 35.0. The molecule has 1 unspecified atom stereocenters. The zero-order valence-corrected chi connectivity index (χ0v) is 31.0. The maximum atomic E-state index is 12.2. The van der Waals surface area contributed by atoms with Crippen LogP contribution < -0.4 is 0 Å². The van der Waals surface area contributed by atoms with Gasteiger partial charge in [0.05, 0.1) is 6.61 Å². The molecule has 0 saturated heterocycles. The van der Waals surface area contributed by atoms with E-state index in [1.807, 2.05) is 0 Å². The minimum absolute atomic E-state index is 0.100. The van der Waals surface area contributed by atoms with Crippen LogP contribution >= 0.6 is 0 Å². The number of esters is 2. The zero-order valence-electron chi connectivity index (χ0n) is 31.0. The molecule has 0 aromatic carbocycles. The van der Waals surface area contributed by atoms with Gasteiger partial charge in [-0.05, 0) is 77.0 Å². The maximum absolute atomic E-state index is 12.2. The Bertz CT molecular complexity index is 895. The van der Waals surface area contributed by atoms with E-state index in [2.05, 4.69) is 86.8 Å². The van der Waals surface area contributed by atoms with Crippen LogP contribution in [-0.2, 0) is 19.1 Å². The number of rotatable bonds is 34. The molecule has 0 amide bonds. The number of ether oxygens (including phenoxy) is 2. The van der Waals surface area contributed by atoms with Crippen molar-refractivity contribution in [2.24, 2.45) is 0 Å². The molecule has 0 aliphatic carbocycles. The third-order valence-electron chi connectivity index (χ3n) is 7.98. The number of hydrogen-bond acceptors (Lipinski definition) is 5. The van der Waals surface area contributed by atoms with Crippen LogP contribution in [-0.4, -0.2) is 36.4 Å². The maximum Gasteiger partial charge on any atom is 0.306 e. The average Bonchev–Trinajstić information content (AvgIpc) is 3.09. The lowest BCUT2D eigenvalue weighted by atomic mass is 10.1. The molecule has 5 heteroatoms. The Morgan fingerprint density at radius 3 is 1.44 bits per heavy atom. The summed E-state index contributed by atoms with van der Waals surface area (Å²) in [7, 11) is 0. The average molecular weight is 669 g/mol. The lowest BCUT2D eigenvalue weighted by molar-refractivity contribution is -0.161. The minimum atomic E-state index is -0.799. The number of carbonyl (C=O) groups is 2. The van der Waals surface area contributed by atoms with E-state index in [4.69, 9.17) is 9.47 Å². The second-order valence-corrected chi connectivity index (χ2v) is 12.6.